The van der Waals surface area contributed by atoms with Crippen molar-refractivity contribution in [2.75, 3.05) is 20.0 Å². The Hall–Kier alpha value is -3.36. The molecule has 0 aliphatic rings. The molecule has 0 saturated heterocycles. The molecule has 0 aliphatic heterocycles. The normalized spacial score (nSPS) is 10.9. The molecule has 0 aliphatic carbocycles. The standard InChI is InChI=1S/C18H22N6O3/c1-11(2)27-17-9-15(20-10-21-17)24-16(22-18(19)23-24)8-12-5-6-13(25-3)14(7-12)26-4/h5-7,9-11H,8H2,1-4H3,(H2,19,23). The Kier molecular flexibility index (Phi) is 5.39. The van der Waals surface area contributed by atoms with Gasteiger partial charge in [0.15, 0.2) is 17.3 Å². The highest BCUT2D eigenvalue weighted by Crippen LogP contribution is 2.28. The Bertz CT molecular complexity index is 925. The summed E-state index contributed by atoms with van der Waals surface area (Å²) in [4.78, 5) is 12.7. The van der Waals surface area contributed by atoms with Crippen LogP contribution in [0.3, 0.4) is 0 Å². The first-order valence-corrected chi connectivity index (χ1v) is 8.41. The van der Waals surface area contributed by atoms with Crippen LogP contribution in [-0.2, 0) is 6.42 Å². The maximum atomic E-state index is 5.83. The van der Waals surface area contributed by atoms with E-state index in [9.17, 15) is 0 Å². The molecule has 142 valence electrons. The molecule has 3 aromatic rings. The maximum Gasteiger partial charge on any atom is 0.240 e. The summed E-state index contributed by atoms with van der Waals surface area (Å²) in [5.74, 6) is 3.09. The van der Waals surface area contributed by atoms with Crippen molar-refractivity contribution in [3.63, 3.8) is 0 Å². The summed E-state index contributed by atoms with van der Waals surface area (Å²) >= 11 is 0. The highest BCUT2D eigenvalue weighted by molar-refractivity contribution is 5.44. The molecule has 0 bridgehead atoms. The van der Waals surface area contributed by atoms with Crippen molar-refractivity contribution < 1.29 is 14.2 Å². The number of nitrogen functional groups attached to an aromatic ring is 1. The Balaban J connectivity index is 1.93. The first kappa shape index (κ1) is 18.4. The van der Waals surface area contributed by atoms with Gasteiger partial charge >= 0.3 is 0 Å². The quantitative estimate of drug-likeness (QED) is 0.673. The molecule has 2 heterocycles. The highest BCUT2D eigenvalue weighted by Gasteiger charge is 2.14. The minimum Gasteiger partial charge on any atom is -0.493 e. The lowest BCUT2D eigenvalue weighted by Gasteiger charge is -2.11. The zero-order valence-corrected chi connectivity index (χ0v) is 15.7. The van der Waals surface area contributed by atoms with E-state index in [2.05, 4.69) is 20.1 Å². The summed E-state index contributed by atoms with van der Waals surface area (Å²) in [7, 11) is 3.19. The molecule has 9 nitrogen and oxygen atoms in total. The van der Waals surface area contributed by atoms with Gasteiger partial charge < -0.3 is 19.9 Å². The number of aromatic nitrogens is 5. The minimum atomic E-state index is -0.000185. The predicted octanol–water partition coefficient (Wildman–Crippen LogP) is 2.03. The third-order valence-corrected chi connectivity index (χ3v) is 3.70. The van der Waals surface area contributed by atoms with Crippen LogP contribution in [0.5, 0.6) is 17.4 Å². The molecule has 2 aromatic heterocycles. The Morgan fingerprint density at radius 3 is 2.56 bits per heavy atom. The van der Waals surface area contributed by atoms with Crippen LogP contribution < -0.4 is 19.9 Å². The zero-order chi connectivity index (χ0) is 19.4. The second-order valence-corrected chi connectivity index (χ2v) is 6.05. The number of rotatable bonds is 7. The zero-order valence-electron chi connectivity index (χ0n) is 15.7. The highest BCUT2D eigenvalue weighted by atomic mass is 16.5. The molecule has 0 radical (unpaired) electrons. The van der Waals surface area contributed by atoms with Crippen LogP contribution in [0.4, 0.5) is 5.95 Å². The van der Waals surface area contributed by atoms with Gasteiger partial charge in [-0.25, -0.2) is 9.97 Å². The van der Waals surface area contributed by atoms with Crippen molar-refractivity contribution in [2.24, 2.45) is 0 Å². The van der Waals surface area contributed by atoms with Crippen LogP contribution in [0.25, 0.3) is 5.82 Å². The van der Waals surface area contributed by atoms with E-state index in [1.165, 1.54) is 6.33 Å². The lowest BCUT2D eigenvalue weighted by Crippen LogP contribution is -2.10. The van der Waals surface area contributed by atoms with Gasteiger partial charge in [-0.3, -0.25) is 0 Å². The maximum absolute atomic E-state index is 5.83. The van der Waals surface area contributed by atoms with Gasteiger partial charge in [0.25, 0.3) is 0 Å². The van der Waals surface area contributed by atoms with E-state index in [1.54, 1.807) is 25.0 Å². The van der Waals surface area contributed by atoms with Crippen molar-refractivity contribution in [1.29, 1.82) is 0 Å². The Labute approximate surface area is 157 Å². The van der Waals surface area contributed by atoms with E-state index in [0.29, 0.717) is 35.4 Å². The number of nitrogens with zero attached hydrogens (tertiary/aromatic N) is 5. The van der Waals surface area contributed by atoms with Crippen LogP contribution in [-0.4, -0.2) is 45.1 Å². The number of ether oxygens (including phenoxy) is 3. The molecule has 9 heteroatoms. The third-order valence-electron chi connectivity index (χ3n) is 3.70. The molecule has 0 spiro atoms. The van der Waals surface area contributed by atoms with Gasteiger partial charge in [-0.05, 0) is 31.5 Å². The van der Waals surface area contributed by atoms with Gasteiger partial charge in [-0.15, -0.1) is 5.10 Å². The molecule has 0 fully saturated rings. The Morgan fingerprint density at radius 1 is 1.07 bits per heavy atom. The summed E-state index contributed by atoms with van der Waals surface area (Å²) in [6, 6.07) is 7.37. The lowest BCUT2D eigenvalue weighted by molar-refractivity contribution is 0.232. The smallest absolute Gasteiger partial charge is 0.240 e. The number of anilines is 1. The van der Waals surface area contributed by atoms with Gasteiger partial charge in [0, 0.05) is 12.5 Å². The predicted molar refractivity (Wildman–Crippen MR) is 99.5 cm³/mol. The van der Waals surface area contributed by atoms with Crippen molar-refractivity contribution in [3.8, 4) is 23.2 Å². The van der Waals surface area contributed by atoms with Crippen molar-refractivity contribution in [1.82, 2.24) is 24.7 Å². The average molecular weight is 370 g/mol. The molecule has 27 heavy (non-hydrogen) atoms. The molecule has 3 rings (SSSR count). The number of benzene rings is 1. The molecule has 1 aromatic carbocycles. The van der Waals surface area contributed by atoms with Gasteiger partial charge in [0.2, 0.25) is 11.8 Å². The van der Waals surface area contributed by atoms with E-state index in [4.69, 9.17) is 19.9 Å². The molecular weight excluding hydrogens is 348 g/mol. The summed E-state index contributed by atoms with van der Waals surface area (Å²) in [5.41, 5.74) is 6.80. The van der Waals surface area contributed by atoms with E-state index < -0.39 is 0 Å². The third kappa shape index (κ3) is 4.25. The first-order chi connectivity index (χ1) is 13.0. The summed E-state index contributed by atoms with van der Waals surface area (Å²) in [6.07, 6.45) is 1.90. The minimum absolute atomic E-state index is 0.000185. The largest absolute Gasteiger partial charge is 0.493 e. The SMILES string of the molecule is COc1ccc(Cc2nc(N)nn2-c2cc(OC(C)C)ncn2)cc1OC. The van der Waals surface area contributed by atoms with Crippen LogP contribution in [0, 0.1) is 0 Å². The van der Waals surface area contributed by atoms with Crippen LogP contribution in [0.1, 0.15) is 25.2 Å². The van der Waals surface area contributed by atoms with E-state index in [-0.39, 0.29) is 12.1 Å². The van der Waals surface area contributed by atoms with Crippen LogP contribution in [0.15, 0.2) is 30.6 Å². The fourth-order valence-corrected chi connectivity index (χ4v) is 2.58. The lowest BCUT2D eigenvalue weighted by atomic mass is 10.1. The van der Waals surface area contributed by atoms with Crippen molar-refractivity contribution >= 4 is 5.95 Å². The fraction of sp³-hybridized carbons (Fsp3) is 0.333. The second-order valence-electron chi connectivity index (χ2n) is 6.05. The summed E-state index contributed by atoms with van der Waals surface area (Å²) in [6.45, 7) is 3.86. The van der Waals surface area contributed by atoms with E-state index in [1.807, 2.05) is 32.0 Å². The fourth-order valence-electron chi connectivity index (χ4n) is 2.58. The second kappa shape index (κ2) is 7.90. The number of nitrogens with two attached hydrogens (primary N) is 1. The molecule has 0 amide bonds. The van der Waals surface area contributed by atoms with Gasteiger partial charge in [-0.1, -0.05) is 6.07 Å². The number of methoxy groups -OCH3 is 2. The average Bonchev–Trinajstić information content (AvgIpc) is 3.01. The number of hydrogen-bond donors (Lipinski definition) is 1. The monoisotopic (exact) mass is 370 g/mol. The van der Waals surface area contributed by atoms with Gasteiger partial charge in [-0.2, -0.15) is 9.67 Å². The van der Waals surface area contributed by atoms with E-state index >= 15 is 0 Å². The first-order valence-electron chi connectivity index (χ1n) is 8.41. The van der Waals surface area contributed by atoms with Crippen LogP contribution in [0.2, 0.25) is 0 Å². The van der Waals surface area contributed by atoms with E-state index in [0.717, 1.165) is 5.56 Å². The van der Waals surface area contributed by atoms with Crippen LogP contribution >= 0.6 is 0 Å². The molecule has 0 atom stereocenters. The van der Waals surface area contributed by atoms with Gasteiger partial charge in [0.1, 0.15) is 12.2 Å². The molecule has 0 saturated carbocycles. The topological polar surface area (TPSA) is 110 Å². The van der Waals surface area contributed by atoms with Crippen molar-refractivity contribution in [2.45, 2.75) is 26.4 Å². The number of hydrogen-bond acceptors (Lipinski definition) is 8. The molecule has 2 N–H and O–H groups in total. The van der Waals surface area contributed by atoms with Gasteiger partial charge in [0.05, 0.1) is 20.3 Å². The summed E-state index contributed by atoms with van der Waals surface area (Å²) in [5, 5.41) is 4.26. The summed E-state index contributed by atoms with van der Waals surface area (Å²) < 4.78 is 17.8. The Morgan fingerprint density at radius 2 is 1.85 bits per heavy atom. The van der Waals surface area contributed by atoms with Crippen molar-refractivity contribution in [3.05, 3.63) is 42.0 Å². The molecule has 0 unspecified atom stereocenters. The molecular formula is C18H22N6O3.